The van der Waals surface area contributed by atoms with Crippen molar-refractivity contribution in [3.05, 3.63) is 82.9 Å². The van der Waals surface area contributed by atoms with E-state index in [4.69, 9.17) is 16.3 Å². The molecule has 0 unspecified atom stereocenters. The molecule has 0 fully saturated rings. The molecule has 0 amide bonds. The van der Waals surface area contributed by atoms with Crippen LogP contribution in [0.3, 0.4) is 0 Å². The van der Waals surface area contributed by atoms with Gasteiger partial charge in [-0.15, -0.1) is 0 Å². The molecule has 178 valence electrons. The predicted molar refractivity (Wildman–Crippen MR) is 132 cm³/mol. The zero-order valence-corrected chi connectivity index (χ0v) is 20.6. The van der Waals surface area contributed by atoms with Crippen LogP contribution in [0, 0.1) is 0 Å². The summed E-state index contributed by atoms with van der Waals surface area (Å²) >= 11 is 6.11. The fraction of sp³-hybridized carbons (Fsp3) is 0.269. The Morgan fingerprint density at radius 1 is 1.06 bits per heavy atom. The van der Waals surface area contributed by atoms with Crippen molar-refractivity contribution in [2.45, 2.75) is 43.7 Å². The summed E-state index contributed by atoms with van der Waals surface area (Å²) in [5, 5.41) is 10.0. The topological polar surface area (TPSA) is 83.9 Å². The Morgan fingerprint density at radius 2 is 1.76 bits per heavy atom. The third kappa shape index (κ3) is 5.43. The van der Waals surface area contributed by atoms with Crippen LogP contribution in [0.1, 0.15) is 31.4 Å². The highest BCUT2D eigenvalue weighted by Crippen LogP contribution is 2.35. The molecule has 3 aromatic carbocycles. The van der Waals surface area contributed by atoms with Gasteiger partial charge in [0.05, 0.1) is 4.90 Å². The van der Waals surface area contributed by atoms with Gasteiger partial charge in [0.15, 0.2) is 0 Å². The van der Waals surface area contributed by atoms with E-state index in [0.717, 1.165) is 27.4 Å². The van der Waals surface area contributed by atoms with E-state index in [1.165, 1.54) is 6.07 Å². The minimum atomic E-state index is -4.06. The highest BCUT2D eigenvalue weighted by atomic mass is 35.5. The number of fused-ring (bicyclic) bond motifs is 1. The van der Waals surface area contributed by atoms with E-state index in [9.17, 15) is 18.3 Å². The molecule has 0 spiro atoms. The first-order chi connectivity index (χ1) is 16.0. The number of rotatable bonds is 7. The first-order valence-corrected chi connectivity index (χ1v) is 12.7. The number of hydrogen-bond donors (Lipinski definition) is 1. The third-order valence-corrected chi connectivity index (χ3v) is 7.83. The van der Waals surface area contributed by atoms with Crippen LogP contribution in [0.2, 0.25) is 5.02 Å². The molecule has 0 saturated carbocycles. The average Bonchev–Trinajstić information content (AvgIpc) is 2.77. The van der Waals surface area contributed by atoms with Crippen LogP contribution in [0.4, 0.5) is 0 Å². The number of aliphatic carboxylic acids is 1. The molecule has 4 rings (SSSR count). The van der Waals surface area contributed by atoms with Crippen molar-refractivity contribution in [2.24, 2.45) is 0 Å². The number of benzene rings is 3. The number of carboxylic acid groups (broad SMARTS) is 1. The van der Waals surface area contributed by atoms with Crippen LogP contribution in [0.25, 0.3) is 11.1 Å². The van der Waals surface area contributed by atoms with Crippen molar-refractivity contribution < 1.29 is 23.1 Å². The molecule has 1 N–H and O–H groups in total. The van der Waals surface area contributed by atoms with Gasteiger partial charge in [-0.2, -0.15) is 4.31 Å². The Labute approximate surface area is 204 Å². The molecule has 0 atom stereocenters. The number of hydrogen-bond acceptors (Lipinski definition) is 4. The molecule has 0 bridgehead atoms. The Bertz CT molecular complexity index is 1340. The van der Waals surface area contributed by atoms with Gasteiger partial charge in [0.1, 0.15) is 17.9 Å². The SMILES string of the molecule is CC1(C)CCc2cc(S(=O)(=O)N(CC(=O)O)Cc3cccc(-c4cccc(Cl)c4)c3)ccc2O1. The van der Waals surface area contributed by atoms with Crippen molar-refractivity contribution in [3.63, 3.8) is 0 Å². The summed E-state index contributed by atoms with van der Waals surface area (Å²) in [5.74, 6) is -0.563. The molecule has 0 radical (unpaired) electrons. The summed E-state index contributed by atoms with van der Waals surface area (Å²) in [7, 11) is -4.06. The van der Waals surface area contributed by atoms with Gasteiger partial charge < -0.3 is 9.84 Å². The van der Waals surface area contributed by atoms with Gasteiger partial charge >= 0.3 is 5.97 Å². The van der Waals surface area contributed by atoms with Gasteiger partial charge in [-0.3, -0.25) is 4.79 Å². The second kappa shape index (κ2) is 9.41. The highest BCUT2D eigenvalue weighted by Gasteiger charge is 2.31. The van der Waals surface area contributed by atoms with Gasteiger partial charge in [0, 0.05) is 11.6 Å². The smallest absolute Gasteiger partial charge is 0.318 e. The maximum Gasteiger partial charge on any atom is 0.318 e. The van der Waals surface area contributed by atoms with E-state index in [-0.39, 0.29) is 17.0 Å². The van der Waals surface area contributed by atoms with Crippen molar-refractivity contribution in [1.29, 1.82) is 0 Å². The maximum atomic E-state index is 13.5. The number of carbonyl (C=O) groups is 1. The Balaban J connectivity index is 1.65. The van der Waals surface area contributed by atoms with Gasteiger partial charge in [0.2, 0.25) is 10.0 Å². The lowest BCUT2D eigenvalue weighted by Gasteiger charge is -2.33. The van der Waals surface area contributed by atoms with E-state index >= 15 is 0 Å². The first-order valence-electron chi connectivity index (χ1n) is 10.9. The van der Waals surface area contributed by atoms with Gasteiger partial charge in [-0.05, 0) is 85.3 Å². The molecule has 1 aliphatic rings. The van der Waals surface area contributed by atoms with Crippen molar-refractivity contribution >= 4 is 27.6 Å². The lowest BCUT2D eigenvalue weighted by molar-refractivity contribution is -0.137. The van der Waals surface area contributed by atoms with E-state index in [1.807, 2.05) is 50.2 Å². The summed E-state index contributed by atoms with van der Waals surface area (Å²) < 4.78 is 33.9. The number of ether oxygens (including phenoxy) is 1. The number of sulfonamides is 1. The van der Waals surface area contributed by atoms with Crippen molar-refractivity contribution in [3.8, 4) is 16.9 Å². The van der Waals surface area contributed by atoms with Crippen molar-refractivity contribution in [1.82, 2.24) is 4.31 Å². The summed E-state index contributed by atoms with van der Waals surface area (Å²) in [4.78, 5) is 11.6. The molecule has 8 heteroatoms. The molecule has 0 saturated heterocycles. The minimum Gasteiger partial charge on any atom is -0.488 e. The second-order valence-corrected chi connectivity index (χ2v) is 11.4. The molecule has 1 heterocycles. The zero-order valence-electron chi connectivity index (χ0n) is 19.0. The highest BCUT2D eigenvalue weighted by molar-refractivity contribution is 7.89. The van der Waals surface area contributed by atoms with Gasteiger partial charge in [-0.1, -0.05) is 41.9 Å². The monoisotopic (exact) mass is 499 g/mol. The second-order valence-electron chi connectivity index (χ2n) is 9.01. The molecule has 0 aliphatic carbocycles. The molecule has 6 nitrogen and oxygen atoms in total. The number of carboxylic acids is 1. The molecule has 0 aromatic heterocycles. The van der Waals surface area contributed by atoms with Gasteiger partial charge in [0.25, 0.3) is 0 Å². The fourth-order valence-corrected chi connectivity index (χ4v) is 5.66. The largest absolute Gasteiger partial charge is 0.488 e. The number of halogens is 1. The molecular formula is C26H26ClNO5S. The van der Waals surface area contributed by atoms with Gasteiger partial charge in [-0.25, -0.2) is 8.42 Å². The van der Waals surface area contributed by atoms with E-state index in [1.54, 1.807) is 24.3 Å². The molecular weight excluding hydrogens is 474 g/mol. The molecule has 34 heavy (non-hydrogen) atoms. The standard InChI is InChI=1S/C26H26ClNO5S/c1-26(2)12-11-21-15-23(9-10-24(21)33-26)34(31,32)28(17-25(29)30)16-18-5-3-6-19(13-18)20-7-4-8-22(27)14-20/h3-10,13-15H,11-12,16-17H2,1-2H3,(H,29,30). The lowest BCUT2D eigenvalue weighted by atomic mass is 9.94. The molecule has 3 aromatic rings. The number of aryl methyl sites for hydroxylation is 1. The Kier molecular flexibility index (Phi) is 6.71. The van der Waals surface area contributed by atoms with E-state index < -0.39 is 22.5 Å². The normalized spacial score (nSPS) is 14.9. The third-order valence-electron chi connectivity index (χ3n) is 5.81. The predicted octanol–water partition coefficient (Wildman–Crippen LogP) is 5.39. The van der Waals surface area contributed by atoms with E-state index in [0.29, 0.717) is 22.8 Å². The summed E-state index contributed by atoms with van der Waals surface area (Å²) in [6.07, 6.45) is 1.45. The zero-order chi connectivity index (χ0) is 24.5. The number of nitrogens with zero attached hydrogens (tertiary/aromatic N) is 1. The Morgan fingerprint density at radius 3 is 2.47 bits per heavy atom. The van der Waals surface area contributed by atoms with E-state index in [2.05, 4.69) is 0 Å². The summed E-state index contributed by atoms with van der Waals surface area (Å²) in [6, 6.07) is 19.4. The van der Waals surface area contributed by atoms with Crippen LogP contribution < -0.4 is 4.74 Å². The summed E-state index contributed by atoms with van der Waals surface area (Å²) in [6.45, 7) is 3.26. The van der Waals surface area contributed by atoms with Crippen LogP contribution in [-0.4, -0.2) is 35.9 Å². The molecule has 1 aliphatic heterocycles. The fourth-order valence-electron chi connectivity index (χ4n) is 4.04. The maximum absolute atomic E-state index is 13.5. The minimum absolute atomic E-state index is 0.0572. The summed E-state index contributed by atoms with van der Waals surface area (Å²) in [5.41, 5.74) is 2.92. The van der Waals surface area contributed by atoms with Crippen LogP contribution in [0.15, 0.2) is 71.6 Å². The lowest BCUT2D eigenvalue weighted by Crippen LogP contribution is -2.36. The van der Waals surface area contributed by atoms with Crippen LogP contribution in [0.5, 0.6) is 5.75 Å². The Hall–Kier alpha value is -2.87. The van der Waals surface area contributed by atoms with Crippen LogP contribution >= 0.6 is 11.6 Å². The average molecular weight is 500 g/mol. The van der Waals surface area contributed by atoms with Crippen molar-refractivity contribution in [2.75, 3.05) is 6.54 Å². The quantitative estimate of drug-likeness (QED) is 0.471. The van der Waals surface area contributed by atoms with Crippen LogP contribution in [-0.2, 0) is 27.8 Å². The first kappa shape index (κ1) is 24.3.